The summed E-state index contributed by atoms with van der Waals surface area (Å²) in [5.74, 6) is -0.198. The molecule has 2 rings (SSSR count). The van der Waals surface area contributed by atoms with Gasteiger partial charge in [0.25, 0.3) is 0 Å². The van der Waals surface area contributed by atoms with E-state index < -0.39 is 0 Å². The second-order valence-electron chi connectivity index (χ2n) is 3.94. The van der Waals surface area contributed by atoms with Crippen molar-refractivity contribution in [1.29, 1.82) is 0 Å². The van der Waals surface area contributed by atoms with E-state index in [1.807, 2.05) is 19.1 Å². The van der Waals surface area contributed by atoms with Crippen LogP contribution < -0.4 is 11.1 Å². The summed E-state index contributed by atoms with van der Waals surface area (Å²) in [5.41, 5.74) is 7.91. The number of nitrogens with one attached hydrogen (secondary N) is 1. The van der Waals surface area contributed by atoms with E-state index in [0.29, 0.717) is 16.4 Å². The molecule has 5 nitrogen and oxygen atoms in total. The summed E-state index contributed by atoms with van der Waals surface area (Å²) in [6.07, 6.45) is 3.07. The largest absolute Gasteiger partial charge is 0.397 e. The maximum absolute atomic E-state index is 11.8. The molecule has 18 heavy (non-hydrogen) atoms. The Labute approximate surface area is 110 Å². The minimum Gasteiger partial charge on any atom is -0.397 e. The standard InChI is InChI=1S/C12H13ClN4O/c1-8-3-2-4-10(14)12(8)16-11(18)7-17-6-9(13)5-15-17/h2-6H,7,14H2,1H3,(H,16,18). The summed E-state index contributed by atoms with van der Waals surface area (Å²) in [6, 6.07) is 5.47. The maximum atomic E-state index is 11.8. The van der Waals surface area contributed by atoms with E-state index >= 15 is 0 Å². The number of aryl methyl sites for hydroxylation is 1. The van der Waals surface area contributed by atoms with Crippen LogP contribution in [0.3, 0.4) is 0 Å². The van der Waals surface area contributed by atoms with Crippen LogP contribution in [-0.4, -0.2) is 15.7 Å². The summed E-state index contributed by atoms with van der Waals surface area (Å²) in [4.78, 5) is 11.8. The van der Waals surface area contributed by atoms with Gasteiger partial charge in [0.05, 0.1) is 22.6 Å². The maximum Gasteiger partial charge on any atom is 0.246 e. The van der Waals surface area contributed by atoms with Crippen molar-refractivity contribution in [1.82, 2.24) is 9.78 Å². The fraction of sp³-hybridized carbons (Fsp3) is 0.167. The van der Waals surface area contributed by atoms with Gasteiger partial charge in [-0.1, -0.05) is 23.7 Å². The molecule has 0 radical (unpaired) electrons. The number of carbonyl (C=O) groups is 1. The van der Waals surface area contributed by atoms with Crippen LogP contribution in [0, 0.1) is 6.92 Å². The number of rotatable bonds is 3. The molecule has 0 bridgehead atoms. The number of nitrogens with two attached hydrogens (primary N) is 1. The van der Waals surface area contributed by atoms with Gasteiger partial charge in [0.15, 0.2) is 0 Å². The second-order valence-corrected chi connectivity index (χ2v) is 4.38. The number of para-hydroxylation sites is 1. The summed E-state index contributed by atoms with van der Waals surface area (Å²) < 4.78 is 1.46. The summed E-state index contributed by atoms with van der Waals surface area (Å²) >= 11 is 5.72. The first-order valence-electron chi connectivity index (χ1n) is 5.39. The van der Waals surface area contributed by atoms with E-state index in [2.05, 4.69) is 10.4 Å². The molecule has 6 heteroatoms. The molecule has 0 atom stereocenters. The third-order valence-electron chi connectivity index (χ3n) is 2.48. The lowest BCUT2D eigenvalue weighted by Crippen LogP contribution is -2.20. The number of anilines is 2. The van der Waals surface area contributed by atoms with Crippen molar-refractivity contribution in [2.45, 2.75) is 13.5 Å². The SMILES string of the molecule is Cc1cccc(N)c1NC(=O)Cn1cc(Cl)cn1. The molecule has 1 amide bonds. The fourth-order valence-electron chi connectivity index (χ4n) is 1.61. The van der Waals surface area contributed by atoms with Gasteiger partial charge in [0.2, 0.25) is 5.91 Å². The van der Waals surface area contributed by atoms with Gasteiger partial charge in [-0.2, -0.15) is 5.10 Å². The number of hydrogen-bond acceptors (Lipinski definition) is 3. The van der Waals surface area contributed by atoms with Gasteiger partial charge >= 0.3 is 0 Å². The Morgan fingerprint density at radius 1 is 1.56 bits per heavy atom. The Balaban J connectivity index is 2.08. The van der Waals surface area contributed by atoms with Gasteiger partial charge in [-0.05, 0) is 18.6 Å². The minimum atomic E-state index is -0.198. The molecular weight excluding hydrogens is 252 g/mol. The average molecular weight is 265 g/mol. The van der Waals surface area contributed by atoms with Crippen molar-refractivity contribution in [3.8, 4) is 0 Å². The fourth-order valence-corrected chi connectivity index (χ4v) is 1.77. The molecule has 0 saturated carbocycles. The molecule has 94 valence electrons. The number of aromatic nitrogens is 2. The Morgan fingerprint density at radius 3 is 2.94 bits per heavy atom. The van der Waals surface area contributed by atoms with Crippen molar-refractivity contribution in [3.05, 3.63) is 41.2 Å². The van der Waals surface area contributed by atoms with E-state index in [1.165, 1.54) is 10.9 Å². The number of benzene rings is 1. The molecule has 2 aromatic rings. The average Bonchev–Trinajstić information content (AvgIpc) is 2.69. The number of nitrogens with zero attached hydrogens (tertiary/aromatic N) is 2. The zero-order valence-corrected chi connectivity index (χ0v) is 10.6. The third kappa shape index (κ3) is 2.81. The molecule has 0 spiro atoms. The number of amides is 1. The molecule has 0 aliphatic carbocycles. The van der Waals surface area contributed by atoms with Crippen LogP contribution in [0.4, 0.5) is 11.4 Å². The van der Waals surface area contributed by atoms with Gasteiger partial charge in [-0.15, -0.1) is 0 Å². The topological polar surface area (TPSA) is 72.9 Å². The highest BCUT2D eigenvalue weighted by Gasteiger charge is 2.08. The van der Waals surface area contributed by atoms with Crippen LogP contribution in [-0.2, 0) is 11.3 Å². The second kappa shape index (κ2) is 5.10. The molecule has 1 aromatic carbocycles. The van der Waals surface area contributed by atoms with Gasteiger partial charge in [-0.25, -0.2) is 0 Å². The Kier molecular flexibility index (Phi) is 3.53. The molecule has 0 aliphatic rings. The zero-order chi connectivity index (χ0) is 13.1. The van der Waals surface area contributed by atoms with Crippen LogP contribution in [0.1, 0.15) is 5.56 Å². The van der Waals surface area contributed by atoms with Crippen LogP contribution in [0.25, 0.3) is 0 Å². The summed E-state index contributed by atoms with van der Waals surface area (Å²) in [6.45, 7) is 1.98. The highest BCUT2D eigenvalue weighted by Crippen LogP contribution is 2.22. The van der Waals surface area contributed by atoms with Crippen LogP contribution >= 0.6 is 11.6 Å². The number of hydrogen-bond donors (Lipinski definition) is 2. The van der Waals surface area contributed by atoms with Gasteiger partial charge in [-0.3, -0.25) is 9.48 Å². The van der Waals surface area contributed by atoms with E-state index in [-0.39, 0.29) is 12.5 Å². The van der Waals surface area contributed by atoms with Crippen molar-refractivity contribution in [3.63, 3.8) is 0 Å². The van der Waals surface area contributed by atoms with Crippen molar-refractivity contribution >= 4 is 28.9 Å². The first-order chi connectivity index (χ1) is 8.56. The molecule has 3 N–H and O–H groups in total. The number of nitrogen functional groups attached to an aromatic ring is 1. The quantitative estimate of drug-likeness (QED) is 0.834. The van der Waals surface area contributed by atoms with Crippen molar-refractivity contribution in [2.75, 3.05) is 11.1 Å². The molecule has 1 aromatic heterocycles. The molecule has 0 fully saturated rings. The van der Waals surface area contributed by atoms with Gasteiger partial charge in [0, 0.05) is 6.20 Å². The lowest BCUT2D eigenvalue weighted by Gasteiger charge is -2.10. The predicted molar refractivity (Wildman–Crippen MR) is 71.5 cm³/mol. The normalized spacial score (nSPS) is 10.3. The molecule has 0 saturated heterocycles. The molecule has 0 unspecified atom stereocenters. The van der Waals surface area contributed by atoms with E-state index in [4.69, 9.17) is 17.3 Å². The first kappa shape index (κ1) is 12.4. The van der Waals surface area contributed by atoms with Crippen LogP contribution in [0.15, 0.2) is 30.6 Å². The smallest absolute Gasteiger partial charge is 0.246 e. The van der Waals surface area contributed by atoms with Gasteiger partial charge < -0.3 is 11.1 Å². The number of halogens is 1. The molecule has 0 aliphatic heterocycles. The van der Waals surface area contributed by atoms with Crippen molar-refractivity contribution in [2.24, 2.45) is 0 Å². The highest BCUT2D eigenvalue weighted by atomic mass is 35.5. The third-order valence-corrected chi connectivity index (χ3v) is 2.67. The lowest BCUT2D eigenvalue weighted by molar-refractivity contribution is -0.116. The molecule has 1 heterocycles. The summed E-state index contributed by atoms with van der Waals surface area (Å²) in [7, 11) is 0. The monoisotopic (exact) mass is 264 g/mol. The van der Waals surface area contributed by atoms with E-state index in [1.54, 1.807) is 12.3 Å². The van der Waals surface area contributed by atoms with Crippen molar-refractivity contribution < 1.29 is 4.79 Å². The first-order valence-corrected chi connectivity index (χ1v) is 5.77. The Bertz CT molecular complexity index is 559. The Morgan fingerprint density at radius 2 is 2.33 bits per heavy atom. The molecular formula is C12H13ClN4O. The van der Waals surface area contributed by atoms with E-state index in [9.17, 15) is 4.79 Å². The lowest BCUT2D eigenvalue weighted by atomic mass is 10.1. The summed E-state index contributed by atoms with van der Waals surface area (Å²) in [5, 5.41) is 7.20. The predicted octanol–water partition coefficient (Wildman–Crippen LogP) is 2.07. The zero-order valence-electron chi connectivity index (χ0n) is 9.85. The Hall–Kier alpha value is -2.01. The van der Waals surface area contributed by atoms with Crippen LogP contribution in [0.5, 0.6) is 0 Å². The van der Waals surface area contributed by atoms with Crippen LogP contribution in [0.2, 0.25) is 5.02 Å². The van der Waals surface area contributed by atoms with Gasteiger partial charge in [0.1, 0.15) is 6.54 Å². The van der Waals surface area contributed by atoms with E-state index in [0.717, 1.165) is 5.56 Å². The highest BCUT2D eigenvalue weighted by molar-refractivity contribution is 6.30. The number of carbonyl (C=O) groups excluding carboxylic acids is 1. The minimum absolute atomic E-state index is 0.0977.